The molecule has 9 rings (SSSR count). The Morgan fingerprint density at radius 2 is 0.917 bits per heavy atom. The van der Waals surface area contributed by atoms with Gasteiger partial charge in [0.25, 0.3) is 0 Å². The van der Waals surface area contributed by atoms with Gasteiger partial charge < -0.3 is 4.81 Å². The molecule has 0 fully saturated rings. The first-order valence-corrected chi connectivity index (χ1v) is 16.2. The van der Waals surface area contributed by atoms with E-state index in [0.29, 0.717) is 17.5 Å². The fourth-order valence-electron chi connectivity index (χ4n) is 6.83. The van der Waals surface area contributed by atoms with Gasteiger partial charge in [0.1, 0.15) is 0 Å². The third-order valence-electron chi connectivity index (χ3n) is 9.15. The second-order valence-electron chi connectivity index (χ2n) is 12.1. The average Bonchev–Trinajstić information content (AvgIpc) is 3.18. The van der Waals surface area contributed by atoms with Gasteiger partial charge in [-0.05, 0) is 39.9 Å². The maximum absolute atomic E-state index is 4.94. The van der Waals surface area contributed by atoms with Gasteiger partial charge in [0, 0.05) is 33.6 Å². The van der Waals surface area contributed by atoms with Gasteiger partial charge >= 0.3 is 6.85 Å². The van der Waals surface area contributed by atoms with Gasteiger partial charge in [0.05, 0.1) is 0 Å². The summed E-state index contributed by atoms with van der Waals surface area (Å²) in [5.41, 5.74) is 12.6. The highest BCUT2D eigenvalue weighted by atomic mass is 15.1. The Balaban J connectivity index is 1.11. The Hall–Kier alpha value is -6.33. The second-order valence-corrected chi connectivity index (χ2v) is 12.1. The third-order valence-corrected chi connectivity index (χ3v) is 9.15. The molecule has 0 saturated heterocycles. The number of rotatable bonds is 5. The van der Waals surface area contributed by atoms with Gasteiger partial charge in [-0.3, -0.25) is 0 Å². The number of fused-ring (bicyclic) bond motifs is 6. The van der Waals surface area contributed by atoms with Crippen molar-refractivity contribution in [2.45, 2.75) is 0 Å². The van der Waals surface area contributed by atoms with Crippen molar-refractivity contribution in [2.24, 2.45) is 0 Å². The molecule has 6 aromatic carbocycles. The van der Waals surface area contributed by atoms with Crippen molar-refractivity contribution in [3.05, 3.63) is 181 Å². The molecule has 2 aliphatic rings. The van der Waals surface area contributed by atoms with Crippen LogP contribution in [0.2, 0.25) is 0 Å². The van der Waals surface area contributed by atoms with Crippen LogP contribution in [0.1, 0.15) is 5.56 Å². The van der Waals surface area contributed by atoms with Crippen LogP contribution in [0.4, 0.5) is 5.69 Å². The van der Waals surface area contributed by atoms with Crippen molar-refractivity contribution in [1.29, 1.82) is 0 Å². The molecule has 3 heterocycles. The van der Waals surface area contributed by atoms with Crippen molar-refractivity contribution in [1.82, 2.24) is 15.0 Å². The number of hydrogen-bond acceptors (Lipinski definition) is 4. The largest absolute Gasteiger partial charge is 0.376 e. The van der Waals surface area contributed by atoms with E-state index in [1.807, 2.05) is 60.7 Å². The first-order chi connectivity index (χ1) is 23.8. The Kier molecular flexibility index (Phi) is 6.87. The minimum Gasteiger partial charge on any atom is -0.376 e. The maximum atomic E-state index is 4.94. The third kappa shape index (κ3) is 4.93. The van der Waals surface area contributed by atoms with E-state index in [0.717, 1.165) is 28.0 Å². The van der Waals surface area contributed by atoms with Crippen molar-refractivity contribution in [2.75, 3.05) is 4.81 Å². The highest BCUT2D eigenvalue weighted by molar-refractivity contribution is 6.85. The predicted octanol–water partition coefficient (Wildman–Crippen LogP) is 9.38. The quantitative estimate of drug-likeness (QED) is 0.182. The lowest BCUT2D eigenvalue weighted by Crippen LogP contribution is -2.51. The summed E-state index contributed by atoms with van der Waals surface area (Å²) in [6.45, 7) is 0.0728. The van der Waals surface area contributed by atoms with Gasteiger partial charge in [-0.1, -0.05) is 164 Å². The summed E-state index contributed by atoms with van der Waals surface area (Å²) in [5, 5.41) is 0. The zero-order valence-corrected chi connectivity index (χ0v) is 26.1. The molecule has 7 aromatic rings. The lowest BCUT2D eigenvalue weighted by atomic mass is 9.48. The predicted molar refractivity (Wildman–Crippen MR) is 198 cm³/mol. The Bertz CT molecular complexity index is 2280. The van der Waals surface area contributed by atoms with E-state index < -0.39 is 0 Å². The van der Waals surface area contributed by atoms with E-state index in [1.165, 1.54) is 33.4 Å². The number of para-hydroxylation sites is 1. The summed E-state index contributed by atoms with van der Waals surface area (Å²) in [7, 11) is 0. The molecule has 0 radical (unpaired) electrons. The molecule has 0 bridgehead atoms. The zero-order valence-electron chi connectivity index (χ0n) is 26.1. The molecule has 1 aromatic heterocycles. The van der Waals surface area contributed by atoms with Crippen LogP contribution in [-0.2, 0) is 0 Å². The van der Waals surface area contributed by atoms with Gasteiger partial charge in [-0.25, -0.2) is 15.0 Å². The number of benzene rings is 6. The van der Waals surface area contributed by atoms with E-state index in [1.54, 1.807) is 0 Å². The summed E-state index contributed by atoms with van der Waals surface area (Å²) in [4.78, 5) is 17.2. The molecule has 48 heavy (non-hydrogen) atoms. The number of anilines is 1. The normalized spacial score (nSPS) is 13.0. The molecular weight excluding hydrogens is 583 g/mol. The van der Waals surface area contributed by atoms with Crippen LogP contribution in [0.5, 0.6) is 0 Å². The van der Waals surface area contributed by atoms with Crippen molar-refractivity contribution in [3.8, 4) is 56.4 Å². The van der Waals surface area contributed by atoms with Crippen LogP contribution in [0.25, 0.3) is 62.1 Å². The van der Waals surface area contributed by atoms with Crippen LogP contribution < -0.4 is 10.3 Å². The standard InChI is InChI=1S/C43H29BN4/c1-4-13-30(14-5-1)35-26-27-36-37-19-10-11-20-40(37)48-39(21-12-28-44(48)38(36)29-35)31-22-24-34(25-23-31)43-46-41(32-15-6-2-7-16-32)45-42(47-43)33-17-8-3-9-18-33/h1-29H. The van der Waals surface area contributed by atoms with Crippen LogP contribution in [0.15, 0.2) is 176 Å². The summed E-state index contributed by atoms with van der Waals surface area (Å²) in [5.74, 6) is 4.27. The topological polar surface area (TPSA) is 41.9 Å². The van der Waals surface area contributed by atoms with Crippen molar-refractivity contribution in [3.63, 3.8) is 0 Å². The summed E-state index contributed by atoms with van der Waals surface area (Å²) < 4.78 is 0. The number of aromatic nitrogens is 3. The van der Waals surface area contributed by atoms with Gasteiger partial charge in [0.15, 0.2) is 17.5 Å². The molecule has 4 nitrogen and oxygen atoms in total. The molecule has 2 aliphatic heterocycles. The first-order valence-electron chi connectivity index (χ1n) is 16.2. The fraction of sp³-hybridized carbons (Fsp3) is 0. The summed E-state index contributed by atoms with van der Waals surface area (Å²) in [6.07, 6.45) is 4.42. The Morgan fingerprint density at radius 1 is 0.417 bits per heavy atom. The van der Waals surface area contributed by atoms with E-state index in [-0.39, 0.29) is 6.85 Å². The number of nitrogens with zero attached hydrogens (tertiary/aromatic N) is 4. The molecule has 5 heteroatoms. The summed E-state index contributed by atoms with van der Waals surface area (Å²) in [6, 6.07) is 55.1. The van der Waals surface area contributed by atoms with Gasteiger partial charge in [-0.15, -0.1) is 0 Å². The molecule has 0 amide bonds. The highest BCUT2D eigenvalue weighted by Gasteiger charge is 2.36. The van der Waals surface area contributed by atoms with Crippen LogP contribution >= 0.6 is 0 Å². The first kappa shape index (κ1) is 27.9. The molecule has 0 N–H and O–H groups in total. The molecular formula is C43H29BN4. The summed E-state index contributed by atoms with van der Waals surface area (Å²) >= 11 is 0. The lowest BCUT2D eigenvalue weighted by molar-refractivity contribution is 1.07. The average molecular weight is 613 g/mol. The molecule has 224 valence electrons. The van der Waals surface area contributed by atoms with Gasteiger partial charge in [-0.2, -0.15) is 0 Å². The van der Waals surface area contributed by atoms with E-state index >= 15 is 0 Å². The number of hydrogen-bond donors (Lipinski definition) is 0. The molecule has 0 unspecified atom stereocenters. The van der Waals surface area contributed by atoms with Gasteiger partial charge in [0.2, 0.25) is 0 Å². The molecule has 0 aliphatic carbocycles. The monoisotopic (exact) mass is 612 g/mol. The van der Waals surface area contributed by atoms with E-state index in [4.69, 9.17) is 15.0 Å². The van der Waals surface area contributed by atoms with E-state index in [9.17, 15) is 0 Å². The van der Waals surface area contributed by atoms with E-state index in [2.05, 4.69) is 120 Å². The molecule has 0 atom stereocenters. The zero-order chi connectivity index (χ0) is 31.9. The SMILES string of the molecule is C1=CB2c3cc(-c4ccccc4)ccc3-c3ccccc3N2C(c2ccc(-c3nc(-c4ccccc4)nc(-c4ccccc4)n3)cc2)=C1. The Morgan fingerprint density at radius 3 is 1.54 bits per heavy atom. The smallest absolute Gasteiger partial charge is 0.321 e. The number of allylic oxidation sites excluding steroid dienone is 2. The van der Waals surface area contributed by atoms with Crippen LogP contribution in [0, 0.1) is 0 Å². The highest BCUT2D eigenvalue weighted by Crippen LogP contribution is 2.42. The van der Waals surface area contributed by atoms with Crippen LogP contribution in [-0.4, -0.2) is 21.8 Å². The molecule has 0 spiro atoms. The second kappa shape index (κ2) is 11.8. The maximum Gasteiger partial charge on any atom is 0.321 e. The Labute approximate surface area is 280 Å². The minimum atomic E-state index is 0.0728. The minimum absolute atomic E-state index is 0.0728. The van der Waals surface area contributed by atoms with Crippen LogP contribution in [0.3, 0.4) is 0 Å². The fourth-order valence-corrected chi connectivity index (χ4v) is 6.83. The van der Waals surface area contributed by atoms with Crippen molar-refractivity contribution >= 4 is 23.7 Å². The lowest BCUT2D eigenvalue weighted by Gasteiger charge is -2.40. The van der Waals surface area contributed by atoms with Crippen molar-refractivity contribution < 1.29 is 0 Å². The molecule has 0 saturated carbocycles.